The van der Waals surface area contributed by atoms with E-state index in [4.69, 9.17) is 9.47 Å². The van der Waals surface area contributed by atoms with E-state index in [1.807, 2.05) is 0 Å². The van der Waals surface area contributed by atoms with Crippen LogP contribution in [0.4, 0.5) is 0 Å². The number of nitrogens with zero attached hydrogens (tertiary/aromatic N) is 1. The van der Waals surface area contributed by atoms with Gasteiger partial charge in [-0.2, -0.15) is 11.8 Å². The van der Waals surface area contributed by atoms with Crippen LogP contribution in [0.2, 0.25) is 0 Å². The van der Waals surface area contributed by atoms with Gasteiger partial charge in [0.1, 0.15) is 0 Å². The fourth-order valence-electron chi connectivity index (χ4n) is 4.33. The summed E-state index contributed by atoms with van der Waals surface area (Å²) in [6.07, 6.45) is 2.38. The maximum absolute atomic E-state index is 6.24. The molecule has 0 aromatic heterocycles. The highest BCUT2D eigenvalue weighted by molar-refractivity contribution is 7.99. The van der Waals surface area contributed by atoms with E-state index < -0.39 is 0 Å². The first kappa shape index (κ1) is 17.0. The fraction of sp³-hybridized carbons (Fsp3) is 1.00. The molecule has 5 heteroatoms. The van der Waals surface area contributed by atoms with Crippen LogP contribution in [0.25, 0.3) is 0 Å². The number of rotatable bonds is 4. The molecular formula is C17H32N2O2S. The van der Waals surface area contributed by atoms with E-state index in [-0.39, 0.29) is 11.2 Å². The van der Waals surface area contributed by atoms with Crippen molar-refractivity contribution in [3.63, 3.8) is 0 Å². The van der Waals surface area contributed by atoms with Crippen LogP contribution in [0.15, 0.2) is 0 Å². The highest BCUT2D eigenvalue weighted by Crippen LogP contribution is 2.39. The summed E-state index contributed by atoms with van der Waals surface area (Å²) in [4.78, 5) is 2.68. The Labute approximate surface area is 139 Å². The zero-order chi connectivity index (χ0) is 15.8. The van der Waals surface area contributed by atoms with E-state index in [0.717, 1.165) is 39.3 Å². The summed E-state index contributed by atoms with van der Waals surface area (Å²) in [7, 11) is 0. The van der Waals surface area contributed by atoms with Gasteiger partial charge < -0.3 is 14.8 Å². The molecule has 0 unspecified atom stereocenters. The lowest BCUT2D eigenvalue weighted by molar-refractivity contribution is -0.0711. The normalized spacial score (nSPS) is 38.5. The van der Waals surface area contributed by atoms with Crippen molar-refractivity contribution < 1.29 is 9.47 Å². The van der Waals surface area contributed by atoms with Crippen molar-refractivity contribution in [2.24, 2.45) is 0 Å². The summed E-state index contributed by atoms with van der Waals surface area (Å²) < 4.78 is 11.8. The molecule has 0 bridgehead atoms. The van der Waals surface area contributed by atoms with Crippen molar-refractivity contribution in [1.29, 1.82) is 0 Å². The quantitative estimate of drug-likeness (QED) is 0.855. The van der Waals surface area contributed by atoms with Crippen molar-refractivity contribution in [3.8, 4) is 0 Å². The summed E-state index contributed by atoms with van der Waals surface area (Å²) in [6.45, 7) is 13.9. The third-order valence-electron chi connectivity index (χ3n) is 5.52. The van der Waals surface area contributed by atoms with Crippen LogP contribution in [-0.2, 0) is 9.47 Å². The van der Waals surface area contributed by atoms with Gasteiger partial charge in [-0.3, -0.25) is 4.90 Å². The fourth-order valence-corrected chi connectivity index (χ4v) is 5.81. The predicted molar refractivity (Wildman–Crippen MR) is 92.7 cm³/mol. The average molecular weight is 329 g/mol. The minimum absolute atomic E-state index is 0.0162. The molecule has 0 spiro atoms. The summed E-state index contributed by atoms with van der Waals surface area (Å²) in [5.41, 5.74) is 0.219. The number of morpholine rings is 1. The van der Waals surface area contributed by atoms with Gasteiger partial charge >= 0.3 is 0 Å². The van der Waals surface area contributed by atoms with E-state index >= 15 is 0 Å². The zero-order valence-electron chi connectivity index (χ0n) is 14.6. The molecular weight excluding hydrogens is 296 g/mol. The van der Waals surface area contributed by atoms with E-state index in [1.165, 1.54) is 17.9 Å². The molecule has 0 aliphatic carbocycles. The van der Waals surface area contributed by atoms with Crippen molar-refractivity contribution in [2.45, 2.75) is 63.3 Å². The second-order valence-corrected chi connectivity index (χ2v) is 9.33. The third-order valence-corrected chi connectivity index (χ3v) is 6.75. The number of nitrogens with one attached hydrogen (secondary N) is 1. The lowest BCUT2D eigenvalue weighted by Gasteiger charge is -2.44. The second-order valence-electron chi connectivity index (χ2n) is 8.23. The number of ether oxygens (including phenoxy) is 2. The van der Waals surface area contributed by atoms with Gasteiger partial charge in [0.2, 0.25) is 0 Å². The molecule has 128 valence electrons. The van der Waals surface area contributed by atoms with Crippen molar-refractivity contribution >= 4 is 11.8 Å². The van der Waals surface area contributed by atoms with Crippen molar-refractivity contribution in [3.05, 3.63) is 0 Å². The van der Waals surface area contributed by atoms with Gasteiger partial charge in [0.25, 0.3) is 0 Å². The summed E-state index contributed by atoms with van der Waals surface area (Å²) >= 11 is 2.10. The minimum atomic E-state index is -0.0819. The Bertz CT molecular complexity index is 388. The highest BCUT2D eigenvalue weighted by atomic mass is 32.2. The molecule has 4 nitrogen and oxygen atoms in total. The van der Waals surface area contributed by atoms with Gasteiger partial charge in [0.15, 0.2) is 0 Å². The Morgan fingerprint density at radius 1 is 1.18 bits per heavy atom. The molecule has 0 radical (unpaired) electrons. The molecule has 2 atom stereocenters. The molecule has 0 amide bonds. The average Bonchev–Trinajstić information content (AvgIpc) is 3.00. The summed E-state index contributed by atoms with van der Waals surface area (Å²) in [5.74, 6) is 2.53. The van der Waals surface area contributed by atoms with Crippen LogP contribution in [0, 0.1) is 0 Å². The van der Waals surface area contributed by atoms with Crippen molar-refractivity contribution in [2.75, 3.05) is 44.4 Å². The Hall–Kier alpha value is 0.190. The maximum atomic E-state index is 6.24. The zero-order valence-corrected chi connectivity index (χ0v) is 15.4. The van der Waals surface area contributed by atoms with E-state index in [9.17, 15) is 0 Å². The molecule has 0 aromatic carbocycles. The van der Waals surface area contributed by atoms with Crippen LogP contribution in [0.5, 0.6) is 0 Å². The van der Waals surface area contributed by atoms with Gasteiger partial charge in [0.05, 0.1) is 24.4 Å². The topological polar surface area (TPSA) is 33.7 Å². The SMILES string of the molecule is CC1(C)C[C@@H](NC[C@@]2(N3CCOCC3)CCSC2)C(C)(C)O1. The molecule has 1 N–H and O–H groups in total. The first-order valence-electron chi connectivity index (χ1n) is 8.67. The first-order chi connectivity index (χ1) is 10.3. The molecule has 3 rings (SSSR count). The third kappa shape index (κ3) is 3.48. The van der Waals surface area contributed by atoms with E-state index in [0.29, 0.717) is 11.6 Å². The Balaban J connectivity index is 1.65. The standard InChI is InChI=1S/C17H32N2O2S/c1-15(2)11-14(16(3,4)21-15)18-12-17(5-10-22-13-17)19-6-8-20-9-7-19/h14,18H,5-13H2,1-4H3/t14-,17+/m1/s1. The second kappa shape index (κ2) is 6.25. The van der Waals surface area contributed by atoms with E-state index in [1.54, 1.807) is 0 Å². The Morgan fingerprint density at radius 2 is 1.91 bits per heavy atom. The number of thioether (sulfide) groups is 1. The van der Waals surface area contributed by atoms with Crippen LogP contribution in [-0.4, -0.2) is 72.0 Å². The molecule has 0 aromatic rings. The molecule has 0 saturated carbocycles. The molecule has 3 fully saturated rings. The van der Waals surface area contributed by atoms with Gasteiger partial charge in [-0.15, -0.1) is 0 Å². The molecule has 3 aliphatic heterocycles. The van der Waals surface area contributed by atoms with Gasteiger partial charge in [0, 0.05) is 37.0 Å². The molecule has 3 saturated heterocycles. The molecule has 3 heterocycles. The summed E-state index contributed by atoms with van der Waals surface area (Å²) in [5, 5.41) is 3.89. The van der Waals surface area contributed by atoms with Crippen LogP contribution in [0.1, 0.15) is 40.5 Å². The van der Waals surface area contributed by atoms with Gasteiger partial charge in [-0.05, 0) is 46.3 Å². The molecule has 3 aliphatic rings. The Kier molecular flexibility index (Phi) is 4.83. The smallest absolute Gasteiger partial charge is 0.0787 e. The Morgan fingerprint density at radius 3 is 2.45 bits per heavy atom. The minimum Gasteiger partial charge on any atom is -0.379 e. The highest BCUT2D eigenvalue weighted by Gasteiger charge is 2.47. The van der Waals surface area contributed by atoms with Crippen LogP contribution < -0.4 is 5.32 Å². The number of hydrogen-bond donors (Lipinski definition) is 1. The lowest BCUT2D eigenvalue weighted by atomic mass is 9.91. The van der Waals surface area contributed by atoms with Crippen LogP contribution >= 0.6 is 11.8 Å². The predicted octanol–water partition coefficient (Wildman–Crippen LogP) is 2.13. The van der Waals surface area contributed by atoms with Gasteiger partial charge in [-0.1, -0.05) is 0 Å². The van der Waals surface area contributed by atoms with Gasteiger partial charge in [-0.25, -0.2) is 0 Å². The van der Waals surface area contributed by atoms with Crippen molar-refractivity contribution in [1.82, 2.24) is 10.2 Å². The monoisotopic (exact) mass is 328 g/mol. The van der Waals surface area contributed by atoms with E-state index in [2.05, 4.69) is 49.7 Å². The van der Waals surface area contributed by atoms with Crippen LogP contribution in [0.3, 0.4) is 0 Å². The lowest BCUT2D eigenvalue weighted by Crippen LogP contribution is -2.60. The first-order valence-corrected chi connectivity index (χ1v) is 9.83. The molecule has 22 heavy (non-hydrogen) atoms. The number of hydrogen-bond acceptors (Lipinski definition) is 5. The maximum Gasteiger partial charge on any atom is 0.0787 e. The largest absolute Gasteiger partial charge is 0.379 e. The summed E-state index contributed by atoms with van der Waals surface area (Å²) in [6, 6.07) is 0.436.